The number of H-pyrrole nitrogens is 1. The number of hydrogen-bond donors (Lipinski definition) is 1. The van der Waals surface area contributed by atoms with Gasteiger partial charge >= 0.3 is 0 Å². The maximum Gasteiger partial charge on any atom is 0.138 e. The molecule has 3 aromatic carbocycles. The molecule has 0 saturated carbocycles. The van der Waals surface area contributed by atoms with Crippen LogP contribution in [0.25, 0.3) is 32.9 Å². The molecule has 96 valence electrons. The fourth-order valence-corrected chi connectivity index (χ4v) is 3.00. The average molecular weight is 258 g/mol. The van der Waals surface area contributed by atoms with Crippen LogP contribution in [0.2, 0.25) is 0 Å². The lowest BCUT2D eigenvalue weighted by Gasteiger charge is -2.13. The van der Waals surface area contributed by atoms with Crippen molar-refractivity contribution in [2.75, 3.05) is 0 Å². The first-order chi connectivity index (χ1) is 9.86. The molecule has 0 aliphatic heterocycles. The lowest BCUT2D eigenvalue weighted by molar-refractivity contribution is 1.32. The zero-order valence-corrected chi connectivity index (χ0v) is 11.2. The van der Waals surface area contributed by atoms with Gasteiger partial charge in [-0.2, -0.15) is 0 Å². The van der Waals surface area contributed by atoms with E-state index in [4.69, 9.17) is 0 Å². The van der Waals surface area contributed by atoms with Crippen molar-refractivity contribution in [3.05, 3.63) is 66.5 Å². The molecular weight excluding hydrogens is 244 g/mol. The van der Waals surface area contributed by atoms with Crippen LogP contribution in [0, 0.1) is 6.92 Å². The molecule has 0 spiro atoms. The van der Waals surface area contributed by atoms with Gasteiger partial charge in [0.05, 0.1) is 0 Å². The highest BCUT2D eigenvalue weighted by Gasteiger charge is 2.13. The summed E-state index contributed by atoms with van der Waals surface area (Å²) < 4.78 is 0. The number of hydrogen-bond acceptors (Lipinski definition) is 1. The standard InChI is InChI=1S/C18H14N2/c1-12-13-6-2-4-8-15(13)17(18-19-10-11-20-18)16-9-5-3-7-14(12)16/h2-11H,1H3,(H,19,20). The summed E-state index contributed by atoms with van der Waals surface area (Å²) >= 11 is 0. The fraction of sp³-hybridized carbons (Fsp3) is 0.0556. The first-order valence-electron chi connectivity index (χ1n) is 6.76. The van der Waals surface area contributed by atoms with Crippen molar-refractivity contribution in [1.82, 2.24) is 9.97 Å². The van der Waals surface area contributed by atoms with E-state index in [9.17, 15) is 0 Å². The van der Waals surface area contributed by atoms with Crippen LogP contribution in [0.15, 0.2) is 60.9 Å². The first kappa shape index (κ1) is 11.2. The van der Waals surface area contributed by atoms with E-state index < -0.39 is 0 Å². The van der Waals surface area contributed by atoms with Gasteiger partial charge in [-0.05, 0) is 34.0 Å². The van der Waals surface area contributed by atoms with Crippen molar-refractivity contribution >= 4 is 21.5 Å². The number of aromatic nitrogens is 2. The molecule has 0 fully saturated rings. The Balaban J connectivity index is 2.31. The third kappa shape index (κ3) is 1.48. The second-order valence-corrected chi connectivity index (χ2v) is 5.03. The van der Waals surface area contributed by atoms with Gasteiger partial charge in [0, 0.05) is 18.0 Å². The Morgan fingerprint density at radius 3 is 1.85 bits per heavy atom. The fourth-order valence-electron chi connectivity index (χ4n) is 3.00. The number of rotatable bonds is 1. The van der Waals surface area contributed by atoms with E-state index in [2.05, 4.69) is 65.4 Å². The van der Waals surface area contributed by atoms with Gasteiger partial charge in [0.25, 0.3) is 0 Å². The number of aromatic amines is 1. The highest BCUT2D eigenvalue weighted by molar-refractivity contribution is 6.13. The molecule has 0 radical (unpaired) electrons. The Kier molecular flexibility index (Phi) is 2.36. The van der Waals surface area contributed by atoms with Gasteiger partial charge < -0.3 is 4.98 Å². The smallest absolute Gasteiger partial charge is 0.138 e. The minimum absolute atomic E-state index is 0.928. The van der Waals surface area contributed by atoms with E-state index >= 15 is 0 Å². The summed E-state index contributed by atoms with van der Waals surface area (Å²) in [5, 5.41) is 5.08. The normalized spacial score (nSPS) is 11.2. The second kappa shape index (κ2) is 4.20. The minimum Gasteiger partial charge on any atom is -0.345 e. The van der Waals surface area contributed by atoms with Gasteiger partial charge in [0.1, 0.15) is 5.82 Å². The Labute approximate surface area is 117 Å². The number of aryl methyl sites for hydroxylation is 1. The Morgan fingerprint density at radius 1 is 0.800 bits per heavy atom. The minimum atomic E-state index is 0.928. The molecule has 1 heterocycles. The first-order valence-corrected chi connectivity index (χ1v) is 6.76. The van der Waals surface area contributed by atoms with Crippen LogP contribution < -0.4 is 0 Å². The van der Waals surface area contributed by atoms with Gasteiger partial charge in [-0.3, -0.25) is 0 Å². The summed E-state index contributed by atoms with van der Waals surface area (Å²) in [5.41, 5.74) is 2.51. The van der Waals surface area contributed by atoms with E-state index in [1.807, 2.05) is 6.20 Å². The maximum atomic E-state index is 4.46. The Hall–Kier alpha value is -2.61. The number of imidazole rings is 1. The molecule has 0 amide bonds. The van der Waals surface area contributed by atoms with Crippen LogP contribution in [0.4, 0.5) is 0 Å². The molecule has 0 unspecified atom stereocenters. The van der Waals surface area contributed by atoms with Crippen LogP contribution in [-0.2, 0) is 0 Å². The quantitative estimate of drug-likeness (QED) is 0.493. The summed E-state index contributed by atoms with van der Waals surface area (Å²) in [6.07, 6.45) is 3.68. The van der Waals surface area contributed by atoms with Crippen molar-refractivity contribution in [2.24, 2.45) is 0 Å². The third-order valence-corrected chi connectivity index (χ3v) is 3.94. The molecule has 0 aliphatic rings. The molecule has 1 aromatic heterocycles. The molecule has 2 nitrogen and oxygen atoms in total. The number of fused-ring (bicyclic) bond motifs is 2. The number of benzene rings is 3. The van der Waals surface area contributed by atoms with Crippen molar-refractivity contribution in [1.29, 1.82) is 0 Å². The molecule has 4 rings (SSSR count). The molecule has 0 saturated heterocycles. The third-order valence-electron chi connectivity index (χ3n) is 3.94. The van der Waals surface area contributed by atoms with Crippen LogP contribution in [0.3, 0.4) is 0 Å². The molecule has 20 heavy (non-hydrogen) atoms. The number of nitrogens with one attached hydrogen (secondary N) is 1. The molecule has 1 N–H and O–H groups in total. The summed E-state index contributed by atoms with van der Waals surface area (Å²) in [5.74, 6) is 0.928. The van der Waals surface area contributed by atoms with Gasteiger partial charge in [-0.1, -0.05) is 48.5 Å². The summed E-state index contributed by atoms with van der Waals surface area (Å²) in [6.45, 7) is 2.19. The highest BCUT2D eigenvalue weighted by atomic mass is 14.9. The molecule has 4 aromatic rings. The lowest BCUT2D eigenvalue weighted by atomic mass is 9.92. The van der Waals surface area contributed by atoms with Crippen LogP contribution in [0.1, 0.15) is 5.56 Å². The predicted octanol–water partition coefficient (Wildman–Crippen LogP) is 4.69. The predicted molar refractivity (Wildman–Crippen MR) is 83.8 cm³/mol. The van der Waals surface area contributed by atoms with Crippen molar-refractivity contribution in [2.45, 2.75) is 6.92 Å². The number of nitrogens with zero attached hydrogens (tertiary/aromatic N) is 1. The zero-order valence-electron chi connectivity index (χ0n) is 11.2. The van der Waals surface area contributed by atoms with Crippen LogP contribution >= 0.6 is 0 Å². The monoisotopic (exact) mass is 258 g/mol. The van der Waals surface area contributed by atoms with Crippen molar-refractivity contribution < 1.29 is 0 Å². The van der Waals surface area contributed by atoms with Gasteiger partial charge in [-0.25, -0.2) is 4.98 Å². The topological polar surface area (TPSA) is 28.7 Å². The SMILES string of the molecule is Cc1c2ccccc2c(-c2ncc[nH]2)c2ccccc12. The van der Waals surface area contributed by atoms with Crippen LogP contribution in [0.5, 0.6) is 0 Å². The summed E-state index contributed by atoms with van der Waals surface area (Å²) in [7, 11) is 0. The van der Waals surface area contributed by atoms with Gasteiger partial charge in [0.2, 0.25) is 0 Å². The van der Waals surface area contributed by atoms with Crippen molar-refractivity contribution in [3.63, 3.8) is 0 Å². The maximum absolute atomic E-state index is 4.46. The van der Waals surface area contributed by atoms with E-state index in [0.717, 1.165) is 5.82 Å². The largest absolute Gasteiger partial charge is 0.345 e. The lowest BCUT2D eigenvalue weighted by Crippen LogP contribution is -1.90. The van der Waals surface area contributed by atoms with E-state index in [-0.39, 0.29) is 0 Å². The van der Waals surface area contributed by atoms with E-state index in [0.29, 0.717) is 0 Å². The average Bonchev–Trinajstić information content (AvgIpc) is 3.02. The van der Waals surface area contributed by atoms with Gasteiger partial charge in [0.15, 0.2) is 0 Å². The zero-order chi connectivity index (χ0) is 13.5. The molecule has 0 atom stereocenters. The van der Waals surface area contributed by atoms with E-state index in [1.165, 1.54) is 32.7 Å². The molecule has 2 heteroatoms. The summed E-state index contributed by atoms with van der Waals surface area (Å²) in [6, 6.07) is 17.1. The van der Waals surface area contributed by atoms with Crippen molar-refractivity contribution in [3.8, 4) is 11.4 Å². The van der Waals surface area contributed by atoms with Crippen LogP contribution in [-0.4, -0.2) is 9.97 Å². The van der Waals surface area contributed by atoms with E-state index in [1.54, 1.807) is 6.20 Å². The second-order valence-electron chi connectivity index (χ2n) is 5.03. The van der Waals surface area contributed by atoms with Gasteiger partial charge in [-0.15, -0.1) is 0 Å². The highest BCUT2D eigenvalue weighted by Crippen LogP contribution is 2.37. The Morgan fingerprint density at radius 2 is 1.35 bits per heavy atom. The molecular formula is C18H14N2. The molecule has 0 bridgehead atoms. The summed E-state index contributed by atoms with van der Waals surface area (Å²) in [4.78, 5) is 7.71. The Bertz CT molecular complexity index is 848. The molecule has 0 aliphatic carbocycles.